The Morgan fingerprint density at radius 2 is 1.10 bits per heavy atom. The molecular formula is C4H12AlKO4. The van der Waals surface area contributed by atoms with Gasteiger partial charge < -0.3 is 16.5 Å². The second-order valence-corrected chi connectivity index (χ2v) is 2.99. The minimum Gasteiger partial charge on any atom is -0.857 e. The van der Waals surface area contributed by atoms with Crippen LogP contribution in [0.25, 0.3) is 0 Å². The monoisotopic (exact) mass is 190 g/mol. The zero-order valence-electron chi connectivity index (χ0n) is 7.21. The Morgan fingerprint density at radius 1 is 0.900 bits per heavy atom. The van der Waals surface area contributed by atoms with Crippen molar-refractivity contribution < 1.29 is 67.9 Å². The fourth-order valence-electron chi connectivity index (χ4n) is 0.289. The normalized spacial score (nSPS) is 6.90. The summed E-state index contributed by atoms with van der Waals surface area (Å²) in [5.41, 5.74) is 0. The minimum atomic E-state index is -1.67. The molecule has 0 spiro atoms. The quantitative estimate of drug-likeness (QED) is 0.424. The summed E-state index contributed by atoms with van der Waals surface area (Å²) in [5.74, 6) is 0. The van der Waals surface area contributed by atoms with Gasteiger partial charge in [-0.1, -0.05) is 0 Å². The fraction of sp³-hybridized carbons (Fsp3) is 1.00. The number of hydrogen-bond acceptors (Lipinski definition) is 4. The van der Waals surface area contributed by atoms with Crippen molar-refractivity contribution >= 4 is 15.1 Å². The van der Waals surface area contributed by atoms with E-state index >= 15 is 0 Å². The average Bonchev–Trinajstić information content (AvgIpc) is 1.96. The van der Waals surface area contributed by atoms with Gasteiger partial charge in [0.2, 0.25) is 0 Å². The molecule has 0 saturated carbocycles. The molecule has 0 saturated heterocycles. The third-order valence-electron chi connectivity index (χ3n) is 0.577. The maximum Gasteiger partial charge on any atom is 1.00 e. The van der Waals surface area contributed by atoms with Crippen molar-refractivity contribution in [2.75, 3.05) is 28.4 Å². The molecule has 56 valence electrons. The third-order valence-corrected chi connectivity index (χ3v) is 1.73. The van der Waals surface area contributed by atoms with Crippen LogP contribution < -0.4 is 56.5 Å². The van der Waals surface area contributed by atoms with Crippen LogP contribution in [-0.2, 0) is 11.4 Å². The molecule has 0 atom stereocenters. The van der Waals surface area contributed by atoms with Crippen molar-refractivity contribution in [3.05, 3.63) is 0 Å². The van der Waals surface area contributed by atoms with Crippen LogP contribution in [0, 0.1) is 0 Å². The van der Waals surface area contributed by atoms with Gasteiger partial charge in [-0.25, -0.2) is 0 Å². The molecule has 0 amide bonds. The molecule has 4 nitrogen and oxygen atoms in total. The first-order valence-corrected chi connectivity index (χ1v) is 3.75. The summed E-state index contributed by atoms with van der Waals surface area (Å²) in [6.45, 7) is 0. The standard InChI is InChI=1S/4CH3O.Al.K/c4*1-2;;/h4*1H3;;/q4*-1;+3;+1. The van der Waals surface area contributed by atoms with E-state index in [1.165, 1.54) is 0 Å². The van der Waals surface area contributed by atoms with Crippen molar-refractivity contribution in [2.45, 2.75) is 0 Å². The molecule has 6 heteroatoms. The minimum absolute atomic E-state index is 0. The van der Waals surface area contributed by atoms with E-state index in [0.29, 0.717) is 0 Å². The molecule has 0 fully saturated rings. The van der Waals surface area contributed by atoms with E-state index in [1.54, 1.807) is 21.3 Å². The first-order chi connectivity index (χ1) is 4.35. The summed E-state index contributed by atoms with van der Waals surface area (Å²) in [6, 6.07) is 0. The SMILES string of the molecule is C[O-].C[O][Al]([O]C)[O]C.[K+]. The van der Waals surface area contributed by atoms with Crippen molar-refractivity contribution in [3.63, 3.8) is 0 Å². The summed E-state index contributed by atoms with van der Waals surface area (Å²) in [6.07, 6.45) is 0. The van der Waals surface area contributed by atoms with Crippen molar-refractivity contribution in [2.24, 2.45) is 0 Å². The zero-order chi connectivity index (χ0) is 7.70. The van der Waals surface area contributed by atoms with E-state index in [1.807, 2.05) is 0 Å². The van der Waals surface area contributed by atoms with Crippen LogP contribution in [-0.4, -0.2) is 43.6 Å². The van der Waals surface area contributed by atoms with E-state index in [2.05, 4.69) is 0 Å². The van der Waals surface area contributed by atoms with Crippen molar-refractivity contribution in [1.82, 2.24) is 0 Å². The Kier molecular flexibility index (Phi) is 30.8. The molecule has 0 radical (unpaired) electrons. The molecule has 0 N–H and O–H groups in total. The molecule has 0 aromatic heterocycles. The van der Waals surface area contributed by atoms with Gasteiger partial charge in [-0.2, -0.15) is 7.11 Å². The molecule has 0 aliphatic heterocycles. The van der Waals surface area contributed by atoms with Gasteiger partial charge in [0.1, 0.15) is 0 Å². The first kappa shape index (κ1) is 17.9. The van der Waals surface area contributed by atoms with Crippen LogP contribution in [0.15, 0.2) is 0 Å². The second kappa shape index (κ2) is 17.2. The molecule has 0 heterocycles. The van der Waals surface area contributed by atoms with Gasteiger partial charge in [-0.3, -0.25) is 0 Å². The zero-order valence-corrected chi connectivity index (χ0v) is 11.5. The van der Waals surface area contributed by atoms with E-state index in [-0.39, 0.29) is 51.4 Å². The van der Waals surface area contributed by atoms with E-state index in [9.17, 15) is 0 Å². The average molecular weight is 190 g/mol. The van der Waals surface area contributed by atoms with Gasteiger partial charge in [-0.15, -0.1) is 0 Å². The molecule has 10 heavy (non-hydrogen) atoms. The topological polar surface area (TPSA) is 50.8 Å². The molecule has 0 aliphatic rings. The van der Waals surface area contributed by atoms with Crippen LogP contribution in [0.5, 0.6) is 0 Å². The predicted octanol–water partition coefficient (Wildman–Crippen LogP) is -4.11. The van der Waals surface area contributed by atoms with Crippen molar-refractivity contribution in [3.8, 4) is 0 Å². The molecule has 0 aromatic carbocycles. The van der Waals surface area contributed by atoms with Gasteiger partial charge in [0.05, 0.1) is 0 Å². The van der Waals surface area contributed by atoms with Gasteiger partial charge in [-0.05, 0) is 0 Å². The van der Waals surface area contributed by atoms with Crippen LogP contribution in [0.3, 0.4) is 0 Å². The van der Waals surface area contributed by atoms with E-state index in [4.69, 9.17) is 16.5 Å². The summed E-state index contributed by atoms with van der Waals surface area (Å²) in [7, 11) is 5.47. The Bertz CT molecular complexity index is 38.7. The maximum atomic E-state index is 8.25. The summed E-state index contributed by atoms with van der Waals surface area (Å²) >= 11 is -1.67. The smallest absolute Gasteiger partial charge is 0.857 e. The van der Waals surface area contributed by atoms with E-state index < -0.39 is 15.1 Å². The molecule has 0 aliphatic carbocycles. The number of rotatable bonds is 3. The molecule has 0 unspecified atom stereocenters. The van der Waals surface area contributed by atoms with Gasteiger partial charge in [0.15, 0.2) is 0 Å². The second-order valence-electron chi connectivity index (χ2n) is 0.996. The largest absolute Gasteiger partial charge is 1.00 e. The summed E-state index contributed by atoms with van der Waals surface area (Å²) in [5, 5.41) is 8.25. The van der Waals surface area contributed by atoms with Crippen LogP contribution >= 0.6 is 0 Å². The Labute approximate surface area is 110 Å². The van der Waals surface area contributed by atoms with E-state index in [0.717, 1.165) is 7.11 Å². The number of hydrogen-bond donors (Lipinski definition) is 0. The van der Waals surface area contributed by atoms with Crippen molar-refractivity contribution in [1.29, 1.82) is 0 Å². The molecular weight excluding hydrogens is 178 g/mol. The third kappa shape index (κ3) is 12.7. The molecule has 0 aromatic rings. The van der Waals surface area contributed by atoms with Gasteiger partial charge in [0.25, 0.3) is 0 Å². The summed E-state index contributed by atoms with van der Waals surface area (Å²) < 4.78 is 14.2. The Balaban J connectivity index is -0.000000149. The first-order valence-electron chi connectivity index (χ1n) is 2.34. The predicted molar refractivity (Wildman–Crippen MR) is 32.7 cm³/mol. The fourth-order valence-corrected chi connectivity index (χ4v) is 0.866. The summed E-state index contributed by atoms with van der Waals surface area (Å²) in [4.78, 5) is 0. The molecule has 0 bridgehead atoms. The van der Waals surface area contributed by atoms with Crippen LogP contribution in [0.2, 0.25) is 0 Å². The molecule has 0 rings (SSSR count). The van der Waals surface area contributed by atoms with Crippen LogP contribution in [0.4, 0.5) is 0 Å². The Morgan fingerprint density at radius 3 is 1.10 bits per heavy atom. The van der Waals surface area contributed by atoms with Gasteiger partial charge in [0, 0.05) is 21.3 Å². The van der Waals surface area contributed by atoms with Crippen LogP contribution in [0.1, 0.15) is 0 Å². The maximum absolute atomic E-state index is 8.25. The van der Waals surface area contributed by atoms with Gasteiger partial charge >= 0.3 is 66.5 Å². The Hall–Kier alpha value is 2.01.